The summed E-state index contributed by atoms with van der Waals surface area (Å²) in [6.45, 7) is 2.49. The Kier molecular flexibility index (Phi) is 11.1. The summed E-state index contributed by atoms with van der Waals surface area (Å²) in [5.41, 5.74) is 0.114. The van der Waals surface area contributed by atoms with Crippen LogP contribution in [-0.4, -0.2) is 26.1 Å². The van der Waals surface area contributed by atoms with Crippen molar-refractivity contribution in [2.45, 2.75) is 76.0 Å². The van der Waals surface area contributed by atoms with E-state index in [0.29, 0.717) is 0 Å². The van der Waals surface area contributed by atoms with Gasteiger partial charge < -0.3 is 9.84 Å². The third-order valence-corrected chi connectivity index (χ3v) is 6.65. The molecule has 0 unspecified atom stereocenters. The quantitative estimate of drug-likeness (QED) is 0.185. The maximum Gasteiger partial charge on any atom is 0.341 e. The van der Waals surface area contributed by atoms with Crippen LogP contribution in [0, 0.1) is 0 Å². The first kappa shape index (κ1) is 25.7. The van der Waals surface area contributed by atoms with Gasteiger partial charge in [0.1, 0.15) is 11.3 Å². The molecule has 0 atom stereocenters. The highest BCUT2D eigenvalue weighted by Gasteiger charge is 2.17. The van der Waals surface area contributed by atoms with E-state index in [1.807, 2.05) is 0 Å². The minimum Gasteiger partial charge on any atom is -0.507 e. The van der Waals surface area contributed by atoms with E-state index in [0.717, 1.165) is 19.3 Å². The topological polar surface area (TPSA) is 92.7 Å². The molecular weight excluding hydrogens is 426 g/mol. The number of hydrogen-bond donors (Lipinski definition) is 2. The van der Waals surface area contributed by atoms with Gasteiger partial charge in [0, 0.05) is 5.69 Å². The van der Waals surface area contributed by atoms with Crippen LogP contribution in [-0.2, 0) is 14.8 Å². The Morgan fingerprint density at radius 3 is 2.09 bits per heavy atom. The van der Waals surface area contributed by atoms with Gasteiger partial charge in [0.2, 0.25) is 0 Å². The second kappa shape index (κ2) is 13.8. The van der Waals surface area contributed by atoms with Crippen LogP contribution in [0.3, 0.4) is 0 Å². The molecule has 0 saturated carbocycles. The molecule has 176 valence electrons. The molecule has 0 bridgehead atoms. The van der Waals surface area contributed by atoms with Gasteiger partial charge in [-0.05, 0) is 36.8 Å². The highest BCUT2D eigenvalue weighted by Crippen LogP contribution is 2.24. The van der Waals surface area contributed by atoms with Crippen LogP contribution in [0.5, 0.6) is 5.75 Å². The van der Waals surface area contributed by atoms with Crippen LogP contribution in [0.1, 0.15) is 81.5 Å². The molecule has 0 amide bonds. The van der Waals surface area contributed by atoms with E-state index in [-0.39, 0.29) is 28.5 Å². The second-order valence-corrected chi connectivity index (χ2v) is 9.65. The summed E-state index contributed by atoms with van der Waals surface area (Å²) in [5.74, 6) is -0.917. The van der Waals surface area contributed by atoms with E-state index in [4.69, 9.17) is 4.74 Å². The maximum absolute atomic E-state index is 12.5. The molecule has 7 heteroatoms. The summed E-state index contributed by atoms with van der Waals surface area (Å²) in [6, 6.07) is 11.9. The lowest BCUT2D eigenvalue weighted by Gasteiger charge is -2.11. The minimum absolute atomic E-state index is 0.0645. The number of rotatable bonds is 15. The molecule has 0 saturated heterocycles. The first-order valence-corrected chi connectivity index (χ1v) is 13.0. The summed E-state index contributed by atoms with van der Waals surface area (Å²) < 4.78 is 32.6. The van der Waals surface area contributed by atoms with Crippen molar-refractivity contribution < 1.29 is 23.1 Å². The number of anilines is 1. The van der Waals surface area contributed by atoms with Gasteiger partial charge in [-0.25, -0.2) is 13.2 Å². The SMILES string of the molecule is CCCCCCCCCCCCOC(=O)c1cc(NS(=O)(=O)c2ccccc2)ccc1O. The average Bonchev–Trinajstić information content (AvgIpc) is 2.79. The molecule has 0 aliphatic carbocycles. The zero-order chi connectivity index (χ0) is 23.2. The summed E-state index contributed by atoms with van der Waals surface area (Å²) in [6.07, 6.45) is 11.9. The molecule has 0 radical (unpaired) electrons. The molecular formula is C25H35NO5S. The Hall–Kier alpha value is -2.54. The molecule has 0 aliphatic heterocycles. The van der Waals surface area contributed by atoms with Crippen molar-refractivity contribution in [2.24, 2.45) is 0 Å². The van der Waals surface area contributed by atoms with Gasteiger partial charge in [0.25, 0.3) is 10.0 Å². The Bertz CT molecular complexity index is 929. The number of ether oxygens (including phenoxy) is 1. The Balaban J connectivity index is 1.75. The van der Waals surface area contributed by atoms with Crippen molar-refractivity contribution in [1.29, 1.82) is 0 Å². The Morgan fingerprint density at radius 1 is 0.875 bits per heavy atom. The third kappa shape index (κ3) is 8.91. The standard InChI is InChI=1S/C25H35NO5S/c1-2-3-4-5-6-7-8-9-10-14-19-31-25(28)23-20-21(17-18-24(23)27)26-32(29,30)22-15-12-11-13-16-22/h11-13,15-18,20,26-27H,2-10,14,19H2,1H3. The zero-order valence-electron chi connectivity index (χ0n) is 18.9. The van der Waals surface area contributed by atoms with Gasteiger partial charge >= 0.3 is 5.97 Å². The van der Waals surface area contributed by atoms with Crippen molar-refractivity contribution in [3.63, 3.8) is 0 Å². The number of phenols is 1. The van der Waals surface area contributed by atoms with Gasteiger partial charge in [-0.15, -0.1) is 0 Å². The number of unbranched alkanes of at least 4 members (excludes halogenated alkanes) is 9. The number of nitrogens with one attached hydrogen (secondary N) is 1. The Morgan fingerprint density at radius 2 is 1.47 bits per heavy atom. The normalized spacial score (nSPS) is 11.3. The number of aromatic hydroxyl groups is 1. The highest BCUT2D eigenvalue weighted by atomic mass is 32.2. The predicted molar refractivity (Wildman–Crippen MR) is 127 cm³/mol. The van der Waals surface area contributed by atoms with Crippen LogP contribution in [0.4, 0.5) is 5.69 Å². The van der Waals surface area contributed by atoms with Crippen LogP contribution in [0.15, 0.2) is 53.4 Å². The van der Waals surface area contributed by atoms with Crippen molar-refractivity contribution in [3.8, 4) is 5.75 Å². The van der Waals surface area contributed by atoms with E-state index < -0.39 is 16.0 Å². The molecule has 0 heterocycles. The second-order valence-electron chi connectivity index (χ2n) is 7.97. The monoisotopic (exact) mass is 461 g/mol. The van der Waals surface area contributed by atoms with E-state index in [2.05, 4.69) is 11.6 Å². The number of esters is 1. The molecule has 2 aromatic carbocycles. The fourth-order valence-electron chi connectivity index (χ4n) is 3.41. The van der Waals surface area contributed by atoms with E-state index in [9.17, 15) is 18.3 Å². The molecule has 2 rings (SSSR count). The van der Waals surface area contributed by atoms with Crippen molar-refractivity contribution in [2.75, 3.05) is 11.3 Å². The van der Waals surface area contributed by atoms with Crippen LogP contribution >= 0.6 is 0 Å². The molecule has 2 aromatic rings. The number of phenolic OH excluding ortho intramolecular Hbond substituents is 1. The van der Waals surface area contributed by atoms with Gasteiger partial charge in [-0.2, -0.15) is 0 Å². The number of carbonyl (C=O) groups is 1. The lowest BCUT2D eigenvalue weighted by molar-refractivity contribution is 0.0494. The molecule has 0 fully saturated rings. The molecule has 32 heavy (non-hydrogen) atoms. The third-order valence-electron chi connectivity index (χ3n) is 5.25. The zero-order valence-corrected chi connectivity index (χ0v) is 19.7. The van der Waals surface area contributed by atoms with Crippen molar-refractivity contribution >= 4 is 21.7 Å². The largest absolute Gasteiger partial charge is 0.507 e. The molecule has 0 aliphatic rings. The van der Waals surface area contributed by atoms with Gasteiger partial charge in [-0.1, -0.05) is 82.9 Å². The minimum atomic E-state index is -3.79. The van der Waals surface area contributed by atoms with Gasteiger partial charge in [-0.3, -0.25) is 4.72 Å². The van der Waals surface area contributed by atoms with Crippen LogP contribution < -0.4 is 4.72 Å². The van der Waals surface area contributed by atoms with E-state index in [1.165, 1.54) is 75.3 Å². The summed E-state index contributed by atoms with van der Waals surface area (Å²) >= 11 is 0. The van der Waals surface area contributed by atoms with E-state index >= 15 is 0 Å². The van der Waals surface area contributed by atoms with Crippen molar-refractivity contribution in [1.82, 2.24) is 0 Å². The van der Waals surface area contributed by atoms with Crippen molar-refractivity contribution in [3.05, 3.63) is 54.1 Å². The molecule has 2 N–H and O–H groups in total. The highest BCUT2D eigenvalue weighted by molar-refractivity contribution is 7.92. The fourth-order valence-corrected chi connectivity index (χ4v) is 4.48. The first-order valence-electron chi connectivity index (χ1n) is 11.5. The maximum atomic E-state index is 12.5. The lowest BCUT2D eigenvalue weighted by Crippen LogP contribution is -2.14. The van der Waals surface area contributed by atoms with Gasteiger partial charge in [0.05, 0.1) is 11.5 Å². The number of benzene rings is 2. The van der Waals surface area contributed by atoms with Gasteiger partial charge in [0.15, 0.2) is 0 Å². The molecule has 0 spiro atoms. The summed E-state index contributed by atoms with van der Waals surface area (Å²) in [7, 11) is -3.79. The smallest absolute Gasteiger partial charge is 0.341 e. The molecule has 6 nitrogen and oxygen atoms in total. The number of carbonyl (C=O) groups excluding carboxylic acids is 1. The predicted octanol–water partition coefficient (Wildman–Crippen LogP) is 6.27. The first-order chi connectivity index (χ1) is 15.4. The van der Waals surface area contributed by atoms with E-state index in [1.54, 1.807) is 18.2 Å². The number of hydrogen-bond acceptors (Lipinski definition) is 5. The lowest BCUT2D eigenvalue weighted by atomic mass is 10.1. The number of sulfonamides is 1. The average molecular weight is 462 g/mol. The fraction of sp³-hybridized carbons (Fsp3) is 0.480. The Labute approximate surface area is 192 Å². The van der Waals surface area contributed by atoms with Crippen LogP contribution in [0.25, 0.3) is 0 Å². The molecule has 0 aromatic heterocycles. The van der Waals surface area contributed by atoms with Crippen LogP contribution in [0.2, 0.25) is 0 Å². The summed E-state index contributed by atoms with van der Waals surface area (Å²) in [5, 5.41) is 10.0. The summed E-state index contributed by atoms with van der Waals surface area (Å²) in [4.78, 5) is 12.5.